The molecule has 7 heteroatoms. The van der Waals surface area contributed by atoms with Crippen LogP contribution in [0.4, 0.5) is 4.79 Å². The second-order valence-corrected chi connectivity index (χ2v) is 13.9. The number of nitrogens with zero attached hydrogens (tertiary/aromatic N) is 6. The number of urea groups is 1. The molecule has 1 aromatic rings. The van der Waals surface area contributed by atoms with Gasteiger partial charge in [-0.05, 0) is 96.6 Å². The van der Waals surface area contributed by atoms with Crippen molar-refractivity contribution in [2.45, 2.75) is 132 Å². The SMILES string of the molecule is CC.CC1CCN(C(=O)N2CCN(C(C)C)CC2)CC1.CCC(C)N1CCC(c2ncc3n2CCC(C(C)C)C3)CC1. The summed E-state index contributed by atoms with van der Waals surface area (Å²) in [5.41, 5.74) is 1.49. The lowest BCUT2D eigenvalue weighted by molar-refractivity contribution is 0.0911. The number of imidazole rings is 1. The fourth-order valence-electron chi connectivity index (χ4n) is 7.09. The van der Waals surface area contributed by atoms with Crippen molar-refractivity contribution in [3.05, 3.63) is 17.7 Å². The van der Waals surface area contributed by atoms with E-state index in [0.29, 0.717) is 12.0 Å². The lowest BCUT2D eigenvalue weighted by atomic mass is 9.86. The quantitative estimate of drug-likeness (QED) is 0.374. The smallest absolute Gasteiger partial charge is 0.320 e. The number of fused-ring (bicyclic) bond motifs is 1. The maximum absolute atomic E-state index is 12.4. The molecule has 0 bridgehead atoms. The first kappa shape index (κ1) is 34.9. The van der Waals surface area contributed by atoms with E-state index >= 15 is 0 Å². The highest BCUT2D eigenvalue weighted by molar-refractivity contribution is 5.74. The summed E-state index contributed by atoms with van der Waals surface area (Å²) >= 11 is 0. The van der Waals surface area contributed by atoms with Gasteiger partial charge >= 0.3 is 6.03 Å². The molecule has 0 radical (unpaired) electrons. The Morgan fingerprint density at radius 2 is 1.40 bits per heavy atom. The molecule has 3 fully saturated rings. The molecule has 2 amide bonds. The van der Waals surface area contributed by atoms with Crippen LogP contribution < -0.4 is 0 Å². The van der Waals surface area contributed by atoms with E-state index in [9.17, 15) is 4.79 Å². The Morgan fingerprint density at radius 3 is 1.95 bits per heavy atom. The number of hydrogen-bond donors (Lipinski definition) is 0. The lowest BCUT2D eigenvalue weighted by Crippen LogP contribution is -2.55. The predicted molar refractivity (Wildman–Crippen MR) is 177 cm³/mol. The maximum atomic E-state index is 12.4. The lowest BCUT2D eigenvalue weighted by Gasteiger charge is -2.40. The summed E-state index contributed by atoms with van der Waals surface area (Å²) in [4.78, 5) is 26.4. The third-order valence-electron chi connectivity index (χ3n) is 10.6. The molecule has 7 nitrogen and oxygen atoms in total. The van der Waals surface area contributed by atoms with Gasteiger partial charge in [0.15, 0.2) is 0 Å². The van der Waals surface area contributed by atoms with E-state index in [1.54, 1.807) is 0 Å². The van der Waals surface area contributed by atoms with Crippen LogP contribution in [0.3, 0.4) is 0 Å². The van der Waals surface area contributed by atoms with Gasteiger partial charge in [-0.1, -0.05) is 41.5 Å². The fourth-order valence-corrected chi connectivity index (χ4v) is 7.09. The average molecular weight is 587 g/mol. The molecular weight excluding hydrogens is 520 g/mol. The molecule has 5 heterocycles. The monoisotopic (exact) mass is 587 g/mol. The van der Waals surface area contributed by atoms with Gasteiger partial charge in [0.05, 0.1) is 0 Å². The zero-order valence-electron chi connectivity index (χ0n) is 28.9. The summed E-state index contributed by atoms with van der Waals surface area (Å²) in [5.74, 6) is 4.51. The van der Waals surface area contributed by atoms with Crippen LogP contribution in [0.1, 0.15) is 118 Å². The van der Waals surface area contributed by atoms with Crippen LogP contribution in [-0.4, -0.2) is 99.6 Å². The molecule has 0 aliphatic carbocycles. The molecule has 2 unspecified atom stereocenters. The van der Waals surface area contributed by atoms with Gasteiger partial charge in [-0.2, -0.15) is 0 Å². The zero-order valence-corrected chi connectivity index (χ0v) is 28.9. The van der Waals surface area contributed by atoms with Gasteiger partial charge in [-0.3, -0.25) is 4.90 Å². The molecule has 2 atom stereocenters. The molecule has 0 aromatic carbocycles. The minimum atomic E-state index is 0.269. The van der Waals surface area contributed by atoms with Crippen LogP contribution >= 0.6 is 0 Å². The Labute approximate surface area is 259 Å². The maximum Gasteiger partial charge on any atom is 0.320 e. The molecule has 5 rings (SSSR count). The summed E-state index contributed by atoms with van der Waals surface area (Å²) in [6.45, 7) is 29.5. The van der Waals surface area contributed by atoms with Gasteiger partial charge < -0.3 is 19.3 Å². The number of carbonyl (C=O) groups excluding carboxylic acids is 1. The number of hydrogen-bond acceptors (Lipinski definition) is 4. The van der Waals surface area contributed by atoms with Gasteiger partial charge in [0.1, 0.15) is 5.82 Å². The van der Waals surface area contributed by atoms with Crippen LogP contribution in [-0.2, 0) is 13.0 Å². The van der Waals surface area contributed by atoms with Crippen molar-refractivity contribution < 1.29 is 4.79 Å². The van der Waals surface area contributed by atoms with Crippen molar-refractivity contribution in [1.82, 2.24) is 29.2 Å². The highest BCUT2D eigenvalue weighted by Crippen LogP contribution is 2.33. The average Bonchev–Trinajstić information content (AvgIpc) is 3.45. The fraction of sp³-hybridized carbons (Fsp3) is 0.886. The Bertz CT molecular complexity index is 905. The molecular formula is C35H66N6O. The normalized spacial score (nSPS) is 23.6. The van der Waals surface area contributed by atoms with E-state index in [2.05, 4.69) is 69.0 Å². The number of piperidine rings is 2. The van der Waals surface area contributed by atoms with E-state index in [0.717, 1.165) is 75.9 Å². The predicted octanol–water partition coefficient (Wildman–Crippen LogP) is 6.97. The van der Waals surface area contributed by atoms with Gasteiger partial charge in [-0.15, -0.1) is 0 Å². The third-order valence-corrected chi connectivity index (χ3v) is 10.6. The Hall–Kier alpha value is -1.60. The van der Waals surface area contributed by atoms with Crippen molar-refractivity contribution in [2.75, 3.05) is 52.4 Å². The van der Waals surface area contributed by atoms with Crippen LogP contribution in [0.15, 0.2) is 6.20 Å². The van der Waals surface area contributed by atoms with E-state index in [1.807, 2.05) is 23.6 Å². The summed E-state index contributed by atoms with van der Waals surface area (Å²) in [6, 6.07) is 1.60. The molecule has 242 valence electrons. The van der Waals surface area contributed by atoms with Crippen molar-refractivity contribution in [2.24, 2.45) is 17.8 Å². The van der Waals surface area contributed by atoms with Gasteiger partial charge in [0, 0.05) is 75.7 Å². The molecule has 42 heavy (non-hydrogen) atoms. The summed E-state index contributed by atoms with van der Waals surface area (Å²) in [5, 5.41) is 0. The second kappa shape index (κ2) is 17.0. The van der Waals surface area contributed by atoms with Crippen molar-refractivity contribution >= 4 is 6.03 Å². The summed E-state index contributed by atoms with van der Waals surface area (Å²) < 4.78 is 2.56. The second-order valence-electron chi connectivity index (χ2n) is 13.9. The molecule has 4 aliphatic heterocycles. The van der Waals surface area contributed by atoms with Crippen LogP contribution in [0.25, 0.3) is 0 Å². The van der Waals surface area contributed by atoms with E-state index in [-0.39, 0.29) is 6.03 Å². The standard InChI is InChI=1S/C19H33N3.C14H27N3O.C2H6/c1-5-15(4)21-9-6-16(7-10-21)19-20-13-18-12-17(14(2)3)8-11-22(18)19;1-12(2)15-8-10-17(11-9-15)14(18)16-6-4-13(3)5-7-16;1-2/h13-17H,5-12H2,1-4H3;12-13H,4-11H2,1-3H3;1-2H3. The first-order valence-electron chi connectivity index (χ1n) is 17.7. The molecule has 1 aromatic heterocycles. The molecule has 0 saturated carbocycles. The van der Waals surface area contributed by atoms with E-state index < -0.39 is 0 Å². The minimum absolute atomic E-state index is 0.269. The van der Waals surface area contributed by atoms with Gasteiger partial charge in [-0.25, -0.2) is 9.78 Å². The van der Waals surface area contributed by atoms with Crippen molar-refractivity contribution in [1.29, 1.82) is 0 Å². The Balaban J connectivity index is 0.000000222. The first-order chi connectivity index (χ1) is 20.2. The molecule has 4 aliphatic rings. The Kier molecular flexibility index (Phi) is 14.1. The first-order valence-corrected chi connectivity index (χ1v) is 17.7. The number of aromatic nitrogens is 2. The highest BCUT2D eigenvalue weighted by Gasteiger charge is 2.30. The molecule has 0 spiro atoms. The summed E-state index contributed by atoms with van der Waals surface area (Å²) in [6.07, 6.45) is 10.9. The van der Waals surface area contributed by atoms with Gasteiger partial charge in [0.2, 0.25) is 0 Å². The van der Waals surface area contributed by atoms with Crippen LogP contribution in [0.5, 0.6) is 0 Å². The van der Waals surface area contributed by atoms with Gasteiger partial charge in [0.25, 0.3) is 0 Å². The number of piperazine rings is 1. The zero-order chi connectivity index (χ0) is 30.8. The largest absolute Gasteiger partial charge is 0.332 e. The van der Waals surface area contributed by atoms with E-state index in [1.165, 1.54) is 63.3 Å². The third kappa shape index (κ3) is 9.20. The number of rotatable bonds is 5. The Morgan fingerprint density at radius 1 is 0.810 bits per heavy atom. The number of amides is 2. The van der Waals surface area contributed by atoms with E-state index in [4.69, 9.17) is 4.98 Å². The topological polar surface area (TPSA) is 47.9 Å². The summed E-state index contributed by atoms with van der Waals surface area (Å²) in [7, 11) is 0. The molecule has 3 saturated heterocycles. The van der Waals surface area contributed by atoms with Crippen molar-refractivity contribution in [3.63, 3.8) is 0 Å². The van der Waals surface area contributed by atoms with Crippen molar-refractivity contribution in [3.8, 4) is 0 Å². The minimum Gasteiger partial charge on any atom is -0.332 e. The number of carbonyl (C=O) groups is 1. The van der Waals surface area contributed by atoms with Crippen LogP contribution in [0.2, 0.25) is 0 Å². The molecule has 0 N–H and O–H groups in total. The van der Waals surface area contributed by atoms with Crippen LogP contribution in [0, 0.1) is 17.8 Å². The highest BCUT2D eigenvalue weighted by atomic mass is 16.2. The number of likely N-dealkylation sites (tertiary alicyclic amines) is 2.